The van der Waals surface area contributed by atoms with Crippen LogP contribution in [0.3, 0.4) is 0 Å². The maximum absolute atomic E-state index is 11.9. The van der Waals surface area contributed by atoms with Crippen LogP contribution in [0, 0.1) is 0 Å². The van der Waals surface area contributed by atoms with E-state index in [9.17, 15) is 4.79 Å². The highest BCUT2D eigenvalue weighted by molar-refractivity contribution is 5.95. The smallest absolute Gasteiger partial charge is 0.251 e. The van der Waals surface area contributed by atoms with Gasteiger partial charge in [-0.25, -0.2) is 0 Å². The number of hydrogen-bond donors (Lipinski definition) is 3. The van der Waals surface area contributed by atoms with Crippen LogP contribution in [0.5, 0.6) is 5.75 Å². The Morgan fingerprint density at radius 3 is 2.79 bits per heavy atom. The first-order valence-corrected chi connectivity index (χ1v) is 6.59. The zero-order valence-corrected chi connectivity index (χ0v) is 11.3. The van der Waals surface area contributed by atoms with Gasteiger partial charge in [0.25, 0.3) is 5.91 Å². The summed E-state index contributed by atoms with van der Waals surface area (Å²) in [7, 11) is 0. The number of unbranched alkanes of at least 4 members (excludes halogenated alkanes) is 2. The quantitative estimate of drug-likeness (QED) is 0.492. The lowest BCUT2D eigenvalue weighted by Crippen LogP contribution is -2.24. The van der Waals surface area contributed by atoms with Gasteiger partial charge < -0.3 is 20.9 Å². The number of aliphatic hydroxyl groups excluding tert-OH is 1. The molecule has 0 aliphatic heterocycles. The summed E-state index contributed by atoms with van der Waals surface area (Å²) in [6.45, 7) is 3.20. The molecule has 19 heavy (non-hydrogen) atoms. The molecule has 106 valence electrons. The Morgan fingerprint density at radius 2 is 2.11 bits per heavy atom. The summed E-state index contributed by atoms with van der Waals surface area (Å²) in [5, 5.41) is 11.5. The van der Waals surface area contributed by atoms with E-state index in [1.165, 1.54) is 0 Å². The highest BCUT2D eigenvalue weighted by atomic mass is 16.5. The van der Waals surface area contributed by atoms with Gasteiger partial charge in [0, 0.05) is 30.5 Å². The Hall–Kier alpha value is -1.75. The van der Waals surface area contributed by atoms with Gasteiger partial charge in [-0.2, -0.15) is 0 Å². The molecule has 0 atom stereocenters. The van der Waals surface area contributed by atoms with Crippen LogP contribution in [0.25, 0.3) is 0 Å². The molecular weight excluding hydrogens is 244 g/mol. The molecule has 1 aromatic rings. The lowest BCUT2D eigenvalue weighted by atomic mass is 10.1. The molecule has 0 bridgehead atoms. The average molecular weight is 266 g/mol. The van der Waals surface area contributed by atoms with Gasteiger partial charge in [-0.1, -0.05) is 0 Å². The fraction of sp³-hybridized carbons (Fsp3) is 0.500. The summed E-state index contributed by atoms with van der Waals surface area (Å²) < 4.78 is 5.35. The third-order valence-electron chi connectivity index (χ3n) is 2.62. The summed E-state index contributed by atoms with van der Waals surface area (Å²) in [4.78, 5) is 11.9. The first-order valence-electron chi connectivity index (χ1n) is 6.59. The van der Waals surface area contributed by atoms with E-state index < -0.39 is 0 Å². The van der Waals surface area contributed by atoms with E-state index in [2.05, 4.69) is 5.32 Å². The minimum atomic E-state index is -0.155. The number of nitrogen functional groups attached to an aromatic ring is 1. The van der Waals surface area contributed by atoms with Crippen molar-refractivity contribution in [3.8, 4) is 5.75 Å². The molecule has 0 aromatic heterocycles. The normalized spacial score (nSPS) is 10.2. The number of rotatable bonds is 8. The molecule has 0 fully saturated rings. The fourth-order valence-corrected chi connectivity index (χ4v) is 1.72. The van der Waals surface area contributed by atoms with Crippen LogP contribution in [0.2, 0.25) is 0 Å². The lowest BCUT2D eigenvalue weighted by Gasteiger charge is -2.09. The number of aliphatic hydroxyl groups is 1. The molecule has 0 aliphatic carbocycles. The van der Waals surface area contributed by atoms with Crippen molar-refractivity contribution < 1.29 is 14.6 Å². The highest BCUT2D eigenvalue weighted by Gasteiger charge is 2.07. The first kappa shape index (κ1) is 15.3. The number of anilines is 1. The third kappa shape index (κ3) is 5.61. The standard InChI is InChI=1S/C14H22N2O3/c1-2-19-13-9-11(8-12(15)10-13)14(18)16-6-4-3-5-7-17/h8-10,17H,2-7,15H2,1H3,(H,16,18). The Balaban J connectivity index is 2.51. The second-order valence-corrected chi connectivity index (χ2v) is 4.26. The molecule has 4 N–H and O–H groups in total. The van der Waals surface area contributed by atoms with Gasteiger partial charge in [-0.05, 0) is 38.3 Å². The first-order chi connectivity index (χ1) is 9.17. The minimum absolute atomic E-state index is 0.155. The van der Waals surface area contributed by atoms with E-state index in [4.69, 9.17) is 15.6 Å². The second kappa shape index (κ2) is 8.37. The lowest BCUT2D eigenvalue weighted by molar-refractivity contribution is 0.0952. The number of carbonyl (C=O) groups is 1. The van der Waals surface area contributed by atoms with Crippen molar-refractivity contribution in [2.45, 2.75) is 26.2 Å². The van der Waals surface area contributed by atoms with Crippen molar-refractivity contribution in [2.24, 2.45) is 0 Å². The molecular formula is C14H22N2O3. The molecule has 1 rings (SSSR count). The van der Waals surface area contributed by atoms with Crippen molar-refractivity contribution in [1.82, 2.24) is 5.32 Å². The van der Waals surface area contributed by atoms with E-state index in [1.807, 2.05) is 6.92 Å². The van der Waals surface area contributed by atoms with E-state index >= 15 is 0 Å². The molecule has 0 heterocycles. The van der Waals surface area contributed by atoms with Crippen molar-refractivity contribution in [1.29, 1.82) is 0 Å². The summed E-state index contributed by atoms with van der Waals surface area (Å²) in [6.07, 6.45) is 2.52. The van der Waals surface area contributed by atoms with Gasteiger partial charge in [0.2, 0.25) is 0 Å². The average Bonchev–Trinajstić information content (AvgIpc) is 2.38. The molecule has 0 saturated carbocycles. The van der Waals surface area contributed by atoms with Gasteiger partial charge >= 0.3 is 0 Å². The summed E-state index contributed by atoms with van der Waals surface area (Å²) >= 11 is 0. The molecule has 5 nitrogen and oxygen atoms in total. The monoisotopic (exact) mass is 266 g/mol. The zero-order valence-electron chi connectivity index (χ0n) is 11.3. The van der Waals surface area contributed by atoms with Crippen LogP contribution in [0.1, 0.15) is 36.5 Å². The van der Waals surface area contributed by atoms with Crippen molar-refractivity contribution in [3.63, 3.8) is 0 Å². The molecule has 0 spiro atoms. The van der Waals surface area contributed by atoms with Crippen LogP contribution in [0.4, 0.5) is 5.69 Å². The number of carbonyl (C=O) groups excluding carboxylic acids is 1. The maximum Gasteiger partial charge on any atom is 0.251 e. The fourth-order valence-electron chi connectivity index (χ4n) is 1.72. The van der Waals surface area contributed by atoms with Gasteiger partial charge in [0.1, 0.15) is 5.75 Å². The zero-order chi connectivity index (χ0) is 14.1. The van der Waals surface area contributed by atoms with Gasteiger partial charge in [0.15, 0.2) is 0 Å². The predicted octanol–water partition coefficient (Wildman–Crippen LogP) is 1.56. The van der Waals surface area contributed by atoms with E-state index in [0.29, 0.717) is 30.2 Å². The van der Waals surface area contributed by atoms with Crippen LogP contribution in [-0.2, 0) is 0 Å². The van der Waals surface area contributed by atoms with Crippen molar-refractivity contribution in [3.05, 3.63) is 23.8 Å². The molecule has 5 heteroatoms. The molecule has 1 amide bonds. The van der Waals surface area contributed by atoms with Crippen LogP contribution < -0.4 is 15.8 Å². The Morgan fingerprint density at radius 1 is 1.32 bits per heavy atom. The number of amides is 1. The van der Waals surface area contributed by atoms with E-state index in [0.717, 1.165) is 19.3 Å². The van der Waals surface area contributed by atoms with Crippen LogP contribution >= 0.6 is 0 Å². The molecule has 0 unspecified atom stereocenters. The van der Waals surface area contributed by atoms with Crippen molar-refractivity contribution in [2.75, 3.05) is 25.5 Å². The molecule has 0 aliphatic rings. The number of hydrogen-bond acceptors (Lipinski definition) is 4. The SMILES string of the molecule is CCOc1cc(N)cc(C(=O)NCCCCCO)c1. The van der Waals surface area contributed by atoms with Crippen LogP contribution in [0.15, 0.2) is 18.2 Å². The number of nitrogens with two attached hydrogens (primary N) is 1. The Kier molecular flexibility index (Phi) is 6.74. The second-order valence-electron chi connectivity index (χ2n) is 4.26. The Bertz CT molecular complexity index is 408. The topological polar surface area (TPSA) is 84.6 Å². The predicted molar refractivity (Wildman–Crippen MR) is 75.3 cm³/mol. The molecule has 1 aromatic carbocycles. The molecule has 0 saturated heterocycles. The Labute approximate surface area is 113 Å². The van der Waals surface area contributed by atoms with Gasteiger partial charge in [-0.3, -0.25) is 4.79 Å². The summed E-state index contributed by atoms with van der Waals surface area (Å²) in [6, 6.07) is 5.01. The van der Waals surface area contributed by atoms with E-state index in [-0.39, 0.29) is 12.5 Å². The van der Waals surface area contributed by atoms with Gasteiger partial charge in [0.05, 0.1) is 6.61 Å². The van der Waals surface area contributed by atoms with Gasteiger partial charge in [-0.15, -0.1) is 0 Å². The van der Waals surface area contributed by atoms with Crippen LogP contribution in [-0.4, -0.2) is 30.8 Å². The largest absolute Gasteiger partial charge is 0.494 e. The number of nitrogens with one attached hydrogen (secondary N) is 1. The minimum Gasteiger partial charge on any atom is -0.494 e. The van der Waals surface area contributed by atoms with Crippen molar-refractivity contribution >= 4 is 11.6 Å². The number of ether oxygens (including phenoxy) is 1. The van der Waals surface area contributed by atoms with E-state index in [1.54, 1.807) is 18.2 Å². The third-order valence-corrected chi connectivity index (χ3v) is 2.62. The highest BCUT2D eigenvalue weighted by Crippen LogP contribution is 2.18. The number of benzene rings is 1. The maximum atomic E-state index is 11.9. The summed E-state index contributed by atoms with van der Waals surface area (Å²) in [5.74, 6) is 0.449. The molecule has 0 radical (unpaired) electrons. The summed E-state index contributed by atoms with van der Waals surface area (Å²) in [5.41, 5.74) is 6.75.